The lowest BCUT2D eigenvalue weighted by Gasteiger charge is -2.13. The molecule has 0 aliphatic carbocycles. The molecule has 1 heterocycles. The van der Waals surface area contributed by atoms with E-state index in [1.807, 2.05) is 12.1 Å². The highest BCUT2D eigenvalue weighted by Crippen LogP contribution is 2.13. The number of hydrogen-bond acceptors (Lipinski definition) is 3. The first-order chi connectivity index (χ1) is 9.31. The summed E-state index contributed by atoms with van der Waals surface area (Å²) in [5.41, 5.74) is 1.04. The summed E-state index contributed by atoms with van der Waals surface area (Å²) in [4.78, 5) is 8.43. The molecule has 5 nitrogen and oxygen atoms in total. The summed E-state index contributed by atoms with van der Waals surface area (Å²) in [5.74, 6) is 1.50. The minimum atomic E-state index is 0. The van der Waals surface area contributed by atoms with E-state index in [-0.39, 0.29) is 24.0 Å². The monoisotopic (exact) mass is 392 g/mol. The molecule has 6 heteroatoms. The molecule has 0 atom stereocenters. The molecule has 1 aromatic rings. The summed E-state index contributed by atoms with van der Waals surface area (Å²) in [7, 11) is 1.77. The number of ether oxygens (including phenoxy) is 1. The van der Waals surface area contributed by atoms with Crippen molar-refractivity contribution >= 4 is 29.9 Å². The van der Waals surface area contributed by atoms with E-state index in [1.165, 1.54) is 0 Å². The number of guanidine groups is 1. The SMILES string of the molecule is CCCNC(=NC)NCc1cccnc1OCCC.I. The minimum absolute atomic E-state index is 0. The lowest BCUT2D eigenvalue weighted by atomic mass is 10.2. The van der Waals surface area contributed by atoms with E-state index in [1.54, 1.807) is 13.2 Å². The summed E-state index contributed by atoms with van der Waals surface area (Å²) in [6.45, 7) is 6.45. The lowest BCUT2D eigenvalue weighted by molar-refractivity contribution is 0.301. The summed E-state index contributed by atoms with van der Waals surface area (Å²) in [6.07, 6.45) is 3.79. The maximum Gasteiger partial charge on any atom is 0.218 e. The minimum Gasteiger partial charge on any atom is -0.477 e. The van der Waals surface area contributed by atoms with Crippen molar-refractivity contribution in [1.82, 2.24) is 15.6 Å². The van der Waals surface area contributed by atoms with Crippen molar-refractivity contribution < 1.29 is 4.74 Å². The van der Waals surface area contributed by atoms with Gasteiger partial charge in [0.25, 0.3) is 0 Å². The summed E-state index contributed by atoms with van der Waals surface area (Å²) >= 11 is 0. The number of nitrogens with zero attached hydrogens (tertiary/aromatic N) is 2. The summed E-state index contributed by atoms with van der Waals surface area (Å²) in [6, 6.07) is 3.93. The molecule has 0 aliphatic heterocycles. The molecule has 1 rings (SSSR count). The van der Waals surface area contributed by atoms with E-state index in [4.69, 9.17) is 4.74 Å². The molecule has 0 bridgehead atoms. The first-order valence-corrected chi connectivity index (χ1v) is 6.83. The molecular weight excluding hydrogens is 367 g/mol. The Labute approximate surface area is 138 Å². The maximum absolute atomic E-state index is 5.62. The van der Waals surface area contributed by atoms with Crippen molar-refractivity contribution in [2.45, 2.75) is 33.2 Å². The van der Waals surface area contributed by atoms with Gasteiger partial charge in [-0.25, -0.2) is 4.98 Å². The molecule has 1 aromatic heterocycles. The molecule has 2 N–H and O–H groups in total. The fourth-order valence-corrected chi connectivity index (χ4v) is 1.53. The van der Waals surface area contributed by atoms with E-state index < -0.39 is 0 Å². The van der Waals surface area contributed by atoms with Gasteiger partial charge in [-0.05, 0) is 18.9 Å². The Morgan fingerprint density at radius 3 is 2.75 bits per heavy atom. The first kappa shape index (κ1) is 18.9. The van der Waals surface area contributed by atoms with Crippen molar-refractivity contribution in [2.24, 2.45) is 4.99 Å². The Morgan fingerprint density at radius 2 is 2.10 bits per heavy atom. The zero-order valence-electron chi connectivity index (χ0n) is 12.5. The molecule has 0 unspecified atom stereocenters. The molecule has 0 spiro atoms. The van der Waals surface area contributed by atoms with Crippen LogP contribution in [0.4, 0.5) is 0 Å². The van der Waals surface area contributed by atoms with Crippen LogP contribution < -0.4 is 15.4 Å². The van der Waals surface area contributed by atoms with Gasteiger partial charge in [-0.2, -0.15) is 0 Å². The molecule has 0 radical (unpaired) electrons. The summed E-state index contributed by atoms with van der Waals surface area (Å²) in [5, 5.41) is 6.49. The number of halogens is 1. The zero-order valence-corrected chi connectivity index (χ0v) is 14.8. The van der Waals surface area contributed by atoms with Gasteiger partial charge < -0.3 is 15.4 Å². The van der Waals surface area contributed by atoms with Crippen LogP contribution in [0.15, 0.2) is 23.3 Å². The molecule has 0 saturated heterocycles. The predicted molar refractivity (Wildman–Crippen MR) is 93.9 cm³/mol. The van der Waals surface area contributed by atoms with Gasteiger partial charge >= 0.3 is 0 Å². The zero-order chi connectivity index (χ0) is 13.9. The van der Waals surface area contributed by atoms with Gasteiger partial charge in [-0.3, -0.25) is 4.99 Å². The van der Waals surface area contributed by atoms with Crippen LogP contribution in [-0.4, -0.2) is 31.1 Å². The fraction of sp³-hybridized carbons (Fsp3) is 0.571. The molecule has 114 valence electrons. The number of nitrogens with one attached hydrogen (secondary N) is 2. The van der Waals surface area contributed by atoms with E-state index in [9.17, 15) is 0 Å². The largest absolute Gasteiger partial charge is 0.477 e. The van der Waals surface area contributed by atoms with Crippen LogP contribution >= 0.6 is 24.0 Å². The van der Waals surface area contributed by atoms with Crippen molar-refractivity contribution in [3.8, 4) is 5.88 Å². The molecule has 0 amide bonds. The van der Waals surface area contributed by atoms with Gasteiger partial charge in [-0.1, -0.05) is 19.9 Å². The standard InChI is InChI=1S/C14H24N4O.HI/c1-4-8-17-14(15-3)18-11-12-7-6-9-16-13(12)19-10-5-2;/h6-7,9H,4-5,8,10-11H2,1-3H3,(H2,15,17,18);1H. The first-order valence-electron chi connectivity index (χ1n) is 6.83. The van der Waals surface area contributed by atoms with Gasteiger partial charge in [0, 0.05) is 31.9 Å². The van der Waals surface area contributed by atoms with E-state index in [2.05, 4.69) is 34.5 Å². The second kappa shape index (κ2) is 11.7. The van der Waals surface area contributed by atoms with Crippen LogP contribution in [0.3, 0.4) is 0 Å². The highest BCUT2D eigenvalue weighted by Gasteiger charge is 2.05. The molecular formula is C14H25IN4O. The topological polar surface area (TPSA) is 58.5 Å². The number of hydrogen-bond donors (Lipinski definition) is 2. The van der Waals surface area contributed by atoms with Crippen LogP contribution in [0, 0.1) is 0 Å². The molecule has 0 saturated carbocycles. The predicted octanol–water partition coefficient (Wildman–Crippen LogP) is 2.56. The van der Waals surface area contributed by atoms with E-state index >= 15 is 0 Å². The smallest absolute Gasteiger partial charge is 0.218 e. The Balaban J connectivity index is 0.00000361. The number of aromatic nitrogens is 1. The second-order valence-corrected chi connectivity index (χ2v) is 4.17. The number of aliphatic imine (C=N–C) groups is 1. The lowest BCUT2D eigenvalue weighted by Crippen LogP contribution is -2.37. The third-order valence-electron chi connectivity index (χ3n) is 2.51. The van der Waals surface area contributed by atoms with Crippen LogP contribution in [0.25, 0.3) is 0 Å². The molecule has 0 aromatic carbocycles. The molecule has 0 fully saturated rings. The van der Waals surface area contributed by atoms with Crippen LogP contribution in [0.2, 0.25) is 0 Å². The second-order valence-electron chi connectivity index (χ2n) is 4.17. The van der Waals surface area contributed by atoms with Gasteiger partial charge in [0.15, 0.2) is 5.96 Å². The van der Waals surface area contributed by atoms with Gasteiger partial charge in [0.2, 0.25) is 5.88 Å². The fourth-order valence-electron chi connectivity index (χ4n) is 1.53. The van der Waals surface area contributed by atoms with Crippen LogP contribution in [0.5, 0.6) is 5.88 Å². The van der Waals surface area contributed by atoms with Crippen molar-refractivity contribution in [2.75, 3.05) is 20.2 Å². The molecule has 0 aliphatic rings. The molecule has 20 heavy (non-hydrogen) atoms. The Hall–Kier alpha value is -1.05. The maximum atomic E-state index is 5.62. The average molecular weight is 392 g/mol. The third-order valence-corrected chi connectivity index (χ3v) is 2.51. The number of rotatable bonds is 7. The highest BCUT2D eigenvalue weighted by atomic mass is 127. The van der Waals surface area contributed by atoms with Crippen molar-refractivity contribution in [1.29, 1.82) is 0 Å². The highest BCUT2D eigenvalue weighted by molar-refractivity contribution is 14.0. The van der Waals surface area contributed by atoms with Crippen molar-refractivity contribution in [3.63, 3.8) is 0 Å². The van der Waals surface area contributed by atoms with Crippen molar-refractivity contribution in [3.05, 3.63) is 23.9 Å². The van der Waals surface area contributed by atoms with Crippen LogP contribution in [-0.2, 0) is 6.54 Å². The third kappa shape index (κ3) is 6.93. The quantitative estimate of drug-likeness (QED) is 0.426. The normalized spacial score (nSPS) is 10.7. The Morgan fingerprint density at radius 1 is 1.30 bits per heavy atom. The van der Waals surface area contributed by atoms with E-state index in [0.29, 0.717) is 19.0 Å². The van der Waals surface area contributed by atoms with E-state index in [0.717, 1.165) is 30.9 Å². The van der Waals surface area contributed by atoms with Gasteiger partial charge in [0.05, 0.1) is 6.61 Å². The average Bonchev–Trinajstić information content (AvgIpc) is 2.46. The Bertz CT molecular complexity index is 399. The summed E-state index contributed by atoms with van der Waals surface area (Å²) < 4.78 is 5.62. The number of pyridine rings is 1. The Kier molecular flexibility index (Phi) is 11.1. The van der Waals surface area contributed by atoms with Gasteiger partial charge in [-0.15, -0.1) is 24.0 Å². The van der Waals surface area contributed by atoms with Gasteiger partial charge in [0.1, 0.15) is 0 Å². The van der Waals surface area contributed by atoms with Crippen LogP contribution in [0.1, 0.15) is 32.3 Å².